The zero-order valence-corrected chi connectivity index (χ0v) is 10.5. The Morgan fingerprint density at radius 2 is 2.12 bits per heavy atom. The Balaban J connectivity index is 3.11. The zero-order chi connectivity index (χ0) is 13.1. The third kappa shape index (κ3) is 3.67. The highest BCUT2D eigenvalue weighted by Gasteiger charge is 2.18. The smallest absolute Gasteiger partial charge is 0.341 e. The predicted molar refractivity (Wildman–Crippen MR) is 60.0 cm³/mol. The van der Waals surface area contributed by atoms with Crippen molar-refractivity contribution in [1.82, 2.24) is 0 Å². The molecule has 0 aliphatic carbocycles. The Hall–Kier alpha value is -1.14. The molecule has 1 aromatic rings. The molecule has 1 rings (SSSR count). The van der Waals surface area contributed by atoms with E-state index < -0.39 is 26.4 Å². The van der Waals surface area contributed by atoms with Crippen LogP contribution >= 0.6 is 10.7 Å². The summed E-state index contributed by atoms with van der Waals surface area (Å²) in [5.41, 5.74) is -0.444. The van der Waals surface area contributed by atoms with E-state index in [1.54, 1.807) is 6.92 Å². The SMILES string of the molecule is CCCOC(=O)c1cc(S(=O)(=O)Cl)ccc1F. The fourth-order valence-electron chi connectivity index (χ4n) is 1.08. The normalized spacial score (nSPS) is 11.2. The highest BCUT2D eigenvalue weighted by Crippen LogP contribution is 2.19. The van der Waals surface area contributed by atoms with Gasteiger partial charge in [0.2, 0.25) is 0 Å². The summed E-state index contributed by atoms with van der Waals surface area (Å²) in [7, 11) is 1.09. The Bertz CT molecular complexity index is 527. The molecule has 0 fully saturated rings. The highest BCUT2D eigenvalue weighted by molar-refractivity contribution is 8.13. The number of esters is 1. The third-order valence-electron chi connectivity index (χ3n) is 1.88. The summed E-state index contributed by atoms with van der Waals surface area (Å²) >= 11 is 0. The molecule has 0 radical (unpaired) electrons. The first-order valence-electron chi connectivity index (χ1n) is 4.77. The van der Waals surface area contributed by atoms with E-state index in [0.717, 1.165) is 18.2 Å². The van der Waals surface area contributed by atoms with Gasteiger partial charge in [0.05, 0.1) is 17.1 Å². The first kappa shape index (κ1) is 13.9. The van der Waals surface area contributed by atoms with Crippen LogP contribution in [0.15, 0.2) is 23.1 Å². The molecule has 94 valence electrons. The molecule has 0 heterocycles. The van der Waals surface area contributed by atoms with Crippen molar-refractivity contribution in [2.45, 2.75) is 18.2 Å². The second kappa shape index (κ2) is 5.46. The first-order chi connectivity index (χ1) is 7.86. The van der Waals surface area contributed by atoms with Crippen LogP contribution in [0.1, 0.15) is 23.7 Å². The number of rotatable bonds is 4. The largest absolute Gasteiger partial charge is 0.462 e. The van der Waals surface area contributed by atoms with Crippen molar-refractivity contribution in [3.8, 4) is 0 Å². The van der Waals surface area contributed by atoms with Gasteiger partial charge in [0, 0.05) is 10.7 Å². The minimum Gasteiger partial charge on any atom is -0.462 e. The summed E-state index contributed by atoms with van der Waals surface area (Å²) < 4.78 is 40.1. The minimum atomic E-state index is -4.00. The molecule has 1 aromatic carbocycles. The van der Waals surface area contributed by atoms with E-state index in [2.05, 4.69) is 0 Å². The molecule has 4 nitrogen and oxygen atoms in total. The molecule has 0 amide bonds. The second-order valence-corrected chi connectivity index (χ2v) is 5.78. The summed E-state index contributed by atoms with van der Waals surface area (Å²) in [6, 6.07) is 2.70. The van der Waals surface area contributed by atoms with E-state index >= 15 is 0 Å². The lowest BCUT2D eigenvalue weighted by Crippen LogP contribution is -2.09. The lowest BCUT2D eigenvalue weighted by molar-refractivity contribution is 0.0499. The third-order valence-corrected chi connectivity index (χ3v) is 3.23. The van der Waals surface area contributed by atoms with Gasteiger partial charge in [0.15, 0.2) is 0 Å². The van der Waals surface area contributed by atoms with Gasteiger partial charge < -0.3 is 4.74 Å². The molecule has 0 aromatic heterocycles. The van der Waals surface area contributed by atoms with Crippen LogP contribution in [0.3, 0.4) is 0 Å². The van der Waals surface area contributed by atoms with Gasteiger partial charge in [-0.2, -0.15) is 0 Å². The molecule has 0 aliphatic rings. The molecule has 0 aliphatic heterocycles. The fraction of sp³-hybridized carbons (Fsp3) is 0.300. The maximum Gasteiger partial charge on any atom is 0.341 e. The Labute approximate surface area is 103 Å². The fourth-order valence-corrected chi connectivity index (χ4v) is 1.86. The number of benzene rings is 1. The summed E-state index contributed by atoms with van der Waals surface area (Å²) in [5.74, 6) is -1.76. The highest BCUT2D eigenvalue weighted by atomic mass is 35.7. The minimum absolute atomic E-state index is 0.135. The molecule has 0 unspecified atom stereocenters. The number of halogens is 2. The van der Waals surface area contributed by atoms with Gasteiger partial charge in [-0.3, -0.25) is 0 Å². The maximum absolute atomic E-state index is 13.3. The second-order valence-electron chi connectivity index (χ2n) is 3.22. The lowest BCUT2D eigenvalue weighted by Gasteiger charge is -2.05. The molecule has 7 heteroatoms. The molecule has 17 heavy (non-hydrogen) atoms. The van der Waals surface area contributed by atoms with Crippen LogP contribution in [-0.2, 0) is 13.8 Å². The number of ether oxygens (including phenoxy) is 1. The molecule has 0 N–H and O–H groups in total. The predicted octanol–water partition coefficient (Wildman–Crippen LogP) is 2.32. The zero-order valence-electron chi connectivity index (χ0n) is 8.94. The molecule has 0 spiro atoms. The summed E-state index contributed by atoms with van der Waals surface area (Å²) in [6.07, 6.45) is 0.584. The van der Waals surface area contributed by atoms with Crippen molar-refractivity contribution in [3.63, 3.8) is 0 Å². The molecule has 0 atom stereocenters. The summed E-state index contributed by atoms with van der Waals surface area (Å²) in [6.45, 7) is 1.92. The average Bonchev–Trinajstić information content (AvgIpc) is 2.24. The van der Waals surface area contributed by atoms with Gasteiger partial charge in [0.1, 0.15) is 5.82 Å². The Morgan fingerprint density at radius 1 is 1.47 bits per heavy atom. The van der Waals surface area contributed by atoms with E-state index in [1.165, 1.54) is 0 Å². The van der Waals surface area contributed by atoms with Crippen molar-refractivity contribution in [1.29, 1.82) is 0 Å². The van der Waals surface area contributed by atoms with Crippen molar-refractivity contribution < 1.29 is 22.3 Å². The molecule has 0 saturated heterocycles. The van der Waals surface area contributed by atoms with Gasteiger partial charge >= 0.3 is 5.97 Å². The first-order valence-corrected chi connectivity index (χ1v) is 7.08. The number of carbonyl (C=O) groups excluding carboxylic acids is 1. The van der Waals surface area contributed by atoms with Crippen LogP contribution in [0.5, 0.6) is 0 Å². The molecular formula is C10H10ClFO4S. The van der Waals surface area contributed by atoms with E-state index in [1.807, 2.05) is 0 Å². The summed E-state index contributed by atoms with van der Waals surface area (Å²) in [4.78, 5) is 11.1. The topological polar surface area (TPSA) is 60.4 Å². The van der Waals surface area contributed by atoms with Crippen molar-refractivity contribution >= 4 is 25.7 Å². The van der Waals surface area contributed by atoms with E-state index in [0.29, 0.717) is 6.42 Å². The summed E-state index contributed by atoms with van der Waals surface area (Å²) in [5, 5.41) is 0. The van der Waals surface area contributed by atoms with Crippen molar-refractivity contribution in [3.05, 3.63) is 29.6 Å². The van der Waals surface area contributed by atoms with Gasteiger partial charge in [0.25, 0.3) is 9.05 Å². The Kier molecular flexibility index (Phi) is 4.47. The van der Waals surface area contributed by atoms with E-state index in [9.17, 15) is 17.6 Å². The quantitative estimate of drug-likeness (QED) is 0.627. The number of hydrogen-bond acceptors (Lipinski definition) is 4. The van der Waals surface area contributed by atoms with Crippen LogP contribution in [0, 0.1) is 5.82 Å². The van der Waals surface area contributed by atoms with Crippen LogP contribution in [0.4, 0.5) is 4.39 Å². The van der Waals surface area contributed by atoms with Crippen LogP contribution in [-0.4, -0.2) is 21.0 Å². The Morgan fingerprint density at radius 3 is 2.65 bits per heavy atom. The van der Waals surface area contributed by atoms with E-state index in [-0.39, 0.29) is 11.5 Å². The lowest BCUT2D eigenvalue weighted by atomic mass is 10.2. The van der Waals surface area contributed by atoms with Gasteiger partial charge in [-0.25, -0.2) is 17.6 Å². The maximum atomic E-state index is 13.3. The van der Waals surface area contributed by atoms with Crippen molar-refractivity contribution in [2.75, 3.05) is 6.61 Å². The van der Waals surface area contributed by atoms with Gasteiger partial charge in [-0.15, -0.1) is 0 Å². The van der Waals surface area contributed by atoms with Gasteiger partial charge in [-0.05, 0) is 24.6 Å². The molecule has 0 bridgehead atoms. The number of carbonyl (C=O) groups is 1. The van der Waals surface area contributed by atoms with Crippen LogP contribution in [0.25, 0.3) is 0 Å². The molecular weight excluding hydrogens is 271 g/mol. The van der Waals surface area contributed by atoms with Gasteiger partial charge in [-0.1, -0.05) is 6.92 Å². The van der Waals surface area contributed by atoms with Crippen LogP contribution in [0.2, 0.25) is 0 Å². The van der Waals surface area contributed by atoms with E-state index in [4.69, 9.17) is 15.4 Å². The standard InChI is InChI=1S/C10H10ClFO4S/c1-2-5-16-10(13)8-6-7(17(11,14)15)3-4-9(8)12/h3-4,6H,2,5H2,1H3. The molecule has 0 saturated carbocycles. The van der Waals surface area contributed by atoms with Crippen LogP contribution < -0.4 is 0 Å². The van der Waals surface area contributed by atoms with Crippen molar-refractivity contribution in [2.24, 2.45) is 0 Å². The number of hydrogen-bond donors (Lipinski definition) is 0. The monoisotopic (exact) mass is 280 g/mol. The average molecular weight is 281 g/mol.